The van der Waals surface area contributed by atoms with Crippen LogP contribution in [0.25, 0.3) is 0 Å². The molecule has 2 aromatic heterocycles. The summed E-state index contributed by atoms with van der Waals surface area (Å²) in [7, 11) is 0. The van der Waals surface area contributed by atoms with Gasteiger partial charge in [-0.25, -0.2) is 4.98 Å². The number of hydrogen-bond acceptors (Lipinski definition) is 4. The van der Waals surface area contributed by atoms with E-state index >= 15 is 0 Å². The molecule has 0 saturated carbocycles. The predicted octanol–water partition coefficient (Wildman–Crippen LogP) is 3.01. The highest BCUT2D eigenvalue weighted by molar-refractivity contribution is 5.26. The number of hydrogen-bond donors (Lipinski definition) is 1. The van der Waals surface area contributed by atoms with Crippen LogP contribution in [0, 0.1) is 5.92 Å². The Balaban J connectivity index is 1.95. The van der Waals surface area contributed by atoms with Crippen LogP contribution in [0.5, 0.6) is 11.6 Å². The van der Waals surface area contributed by atoms with E-state index in [0.29, 0.717) is 17.5 Å². The molecule has 2 heterocycles. The van der Waals surface area contributed by atoms with E-state index in [1.807, 2.05) is 24.3 Å². The summed E-state index contributed by atoms with van der Waals surface area (Å²) < 4.78 is 5.65. The van der Waals surface area contributed by atoms with Crippen molar-refractivity contribution >= 4 is 0 Å². The third-order valence-corrected chi connectivity index (χ3v) is 2.54. The van der Waals surface area contributed by atoms with Gasteiger partial charge in [-0.2, -0.15) is 0 Å². The zero-order chi connectivity index (χ0) is 13.5. The Labute approximate surface area is 113 Å². The fraction of sp³-hybridized carbons (Fsp3) is 0.333. The van der Waals surface area contributed by atoms with E-state index in [0.717, 1.165) is 18.7 Å². The molecule has 19 heavy (non-hydrogen) atoms. The second-order valence-electron chi connectivity index (χ2n) is 4.82. The summed E-state index contributed by atoms with van der Waals surface area (Å²) >= 11 is 0. The number of aromatic nitrogens is 2. The number of pyridine rings is 2. The van der Waals surface area contributed by atoms with Crippen LogP contribution in [0.1, 0.15) is 19.4 Å². The second kappa shape index (κ2) is 6.85. The molecule has 0 aliphatic rings. The maximum absolute atomic E-state index is 5.65. The fourth-order valence-corrected chi connectivity index (χ4v) is 1.65. The minimum Gasteiger partial charge on any atom is -0.437 e. The zero-order valence-corrected chi connectivity index (χ0v) is 11.3. The monoisotopic (exact) mass is 257 g/mol. The Bertz CT molecular complexity index is 500. The maximum atomic E-state index is 5.65. The summed E-state index contributed by atoms with van der Waals surface area (Å²) in [5, 5.41) is 3.40. The van der Waals surface area contributed by atoms with Crippen molar-refractivity contribution in [2.45, 2.75) is 20.4 Å². The fourth-order valence-electron chi connectivity index (χ4n) is 1.65. The van der Waals surface area contributed by atoms with Crippen LogP contribution in [0.4, 0.5) is 0 Å². The Kier molecular flexibility index (Phi) is 4.86. The van der Waals surface area contributed by atoms with Crippen LogP contribution in [0.2, 0.25) is 0 Å². The lowest BCUT2D eigenvalue weighted by atomic mass is 10.2. The smallest absolute Gasteiger partial charge is 0.219 e. The quantitative estimate of drug-likeness (QED) is 0.864. The third-order valence-electron chi connectivity index (χ3n) is 2.54. The molecule has 0 aliphatic heterocycles. The molecule has 0 spiro atoms. The van der Waals surface area contributed by atoms with E-state index in [4.69, 9.17) is 4.74 Å². The molecular formula is C15H19N3O. The predicted molar refractivity (Wildman–Crippen MR) is 75.1 cm³/mol. The lowest BCUT2D eigenvalue weighted by Gasteiger charge is -2.09. The Hall–Kier alpha value is -1.94. The normalized spacial score (nSPS) is 10.7. The van der Waals surface area contributed by atoms with Gasteiger partial charge in [0.2, 0.25) is 5.88 Å². The summed E-state index contributed by atoms with van der Waals surface area (Å²) in [4.78, 5) is 8.21. The molecule has 0 unspecified atom stereocenters. The number of nitrogens with zero attached hydrogens (tertiary/aromatic N) is 2. The summed E-state index contributed by atoms with van der Waals surface area (Å²) in [6.45, 7) is 6.21. The van der Waals surface area contributed by atoms with Gasteiger partial charge in [-0.15, -0.1) is 0 Å². The van der Waals surface area contributed by atoms with Crippen LogP contribution in [0.3, 0.4) is 0 Å². The van der Waals surface area contributed by atoms with Gasteiger partial charge in [-0.3, -0.25) is 4.98 Å². The molecule has 4 heteroatoms. The largest absolute Gasteiger partial charge is 0.437 e. The van der Waals surface area contributed by atoms with Gasteiger partial charge in [0.1, 0.15) is 5.75 Å². The van der Waals surface area contributed by atoms with Gasteiger partial charge < -0.3 is 10.1 Å². The average molecular weight is 257 g/mol. The molecule has 0 aliphatic carbocycles. The van der Waals surface area contributed by atoms with E-state index < -0.39 is 0 Å². The summed E-state index contributed by atoms with van der Waals surface area (Å²) in [6.07, 6.45) is 5.15. The summed E-state index contributed by atoms with van der Waals surface area (Å²) in [5.74, 6) is 1.94. The maximum Gasteiger partial charge on any atom is 0.219 e. The Morgan fingerprint density at radius 1 is 1.26 bits per heavy atom. The minimum absolute atomic E-state index is 0.594. The molecule has 0 fully saturated rings. The first-order chi connectivity index (χ1) is 9.24. The summed E-state index contributed by atoms with van der Waals surface area (Å²) in [6, 6.07) is 7.63. The average Bonchev–Trinajstić information content (AvgIpc) is 2.40. The number of nitrogens with one attached hydrogen (secondary N) is 1. The van der Waals surface area contributed by atoms with Crippen LogP contribution >= 0.6 is 0 Å². The van der Waals surface area contributed by atoms with Crippen LogP contribution < -0.4 is 10.1 Å². The van der Waals surface area contributed by atoms with Gasteiger partial charge in [-0.1, -0.05) is 13.8 Å². The van der Waals surface area contributed by atoms with Crippen molar-refractivity contribution in [1.29, 1.82) is 0 Å². The Morgan fingerprint density at radius 2 is 2.16 bits per heavy atom. The van der Waals surface area contributed by atoms with E-state index in [9.17, 15) is 0 Å². The molecule has 0 amide bonds. The summed E-state index contributed by atoms with van der Waals surface area (Å²) in [5.41, 5.74) is 1.16. The molecule has 1 N–H and O–H groups in total. The molecule has 0 aromatic carbocycles. The van der Waals surface area contributed by atoms with Crippen molar-refractivity contribution in [1.82, 2.24) is 15.3 Å². The molecule has 0 atom stereocenters. The van der Waals surface area contributed by atoms with Crippen molar-refractivity contribution in [2.75, 3.05) is 6.54 Å². The highest BCUT2D eigenvalue weighted by atomic mass is 16.5. The van der Waals surface area contributed by atoms with Crippen LogP contribution in [0.15, 0.2) is 42.9 Å². The molecular weight excluding hydrogens is 238 g/mol. The van der Waals surface area contributed by atoms with Crippen molar-refractivity contribution < 1.29 is 4.74 Å². The van der Waals surface area contributed by atoms with Gasteiger partial charge in [-0.05, 0) is 36.2 Å². The lowest BCUT2D eigenvalue weighted by molar-refractivity contribution is 0.459. The van der Waals surface area contributed by atoms with Crippen LogP contribution in [-0.2, 0) is 6.54 Å². The van der Waals surface area contributed by atoms with Crippen LogP contribution in [-0.4, -0.2) is 16.5 Å². The number of ether oxygens (including phenoxy) is 1. The van der Waals surface area contributed by atoms with E-state index in [1.165, 1.54) is 0 Å². The highest BCUT2D eigenvalue weighted by Crippen LogP contribution is 2.18. The molecule has 100 valence electrons. The van der Waals surface area contributed by atoms with Gasteiger partial charge in [0, 0.05) is 25.0 Å². The molecule has 0 saturated heterocycles. The van der Waals surface area contributed by atoms with E-state index in [2.05, 4.69) is 29.1 Å². The molecule has 2 rings (SSSR count). The highest BCUT2D eigenvalue weighted by Gasteiger charge is 2.01. The van der Waals surface area contributed by atoms with Gasteiger partial charge in [0.05, 0.1) is 6.20 Å². The topological polar surface area (TPSA) is 47.0 Å². The zero-order valence-electron chi connectivity index (χ0n) is 11.3. The SMILES string of the molecule is CC(C)CNCc1ccnc(Oc2cccnc2)c1. The molecule has 0 radical (unpaired) electrons. The van der Waals surface area contributed by atoms with E-state index in [-0.39, 0.29) is 0 Å². The van der Waals surface area contributed by atoms with Crippen molar-refractivity contribution in [3.63, 3.8) is 0 Å². The van der Waals surface area contributed by atoms with Gasteiger partial charge in [0.15, 0.2) is 0 Å². The molecule has 0 bridgehead atoms. The first kappa shape index (κ1) is 13.5. The number of rotatable bonds is 6. The van der Waals surface area contributed by atoms with Crippen molar-refractivity contribution in [3.05, 3.63) is 48.4 Å². The van der Waals surface area contributed by atoms with Gasteiger partial charge >= 0.3 is 0 Å². The van der Waals surface area contributed by atoms with Crippen molar-refractivity contribution in [2.24, 2.45) is 5.92 Å². The first-order valence-electron chi connectivity index (χ1n) is 6.47. The molecule has 4 nitrogen and oxygen atoms in total. The lowest BCUT2D eigenvalue weighted by Crippen LogP contribution is -2.18. The molecule has 2 aromatic rings. The Morgan fingerprint density at radius 3 is 2.89 bits per heavy atom. The third kappa shape index (κ3) is 4.67. The standard InChI is InChI=1S/C15H19N3O/c1-12(2)9-17-10-13-5-7-18-15(8-13)19-14-4-3-6-16-11-14/h3-8,11-12,17H,9-10H2,1-2H3. The second-order valence-corrected chi connectivity index (χ2v) is 4.82. The van der Waals surface area contributed by atoms with E-state index in [1.54, 1.807) is 18.6 Å². The first-order valence-corrected chi connectivity index (χ1v) is 6.47. The van der Waals surface area contributed by atoms with Gasteiger partial charge in [0.25, 0.3) is 0 Å². The van der Waals surface area contributed by atoms with Crippen molar-refractivity contribution in [3.8, 4) is 11.6 Å². The minimum atomic E-state index is 0.594.